The van der Waals surface area contributed by atoms with Gasteiger partial charge in [-0.1, -0.05) is 12.8 Å². The number of carbonyl (C=O) groups excluding carboxylic acids is 1. The van der Waals surface area contributed by atoms with E-state index in [0.29, 0.717) is 12.6 Å². The summed E-state index contributed by atoms with van der Waals surface area (Å²) in [6.07, 6.45) is 10.7. The second-order valence-electron chi connectivity index (χ2n) is 7.27. The molecule has 1 aliphatic heterocycles. The average molecular weight is 330 g/mol. The average Bonchev–Trinajstić information content (AvgIpc) is 3.45. The highest BCUT2D eigenvalue weighted by Gasteiger charge is 2.30. The van der Waals surface area contributed by atoms with E-state index in [1.54, 1.807) is 0 Å². The van der Waals surface area contributed by atoms with E-state index < -0.39 is 0 Å². The first-order valence-corrected chi connectivity index (χ1v) is 9.33. The van der Waals surface area contributed by atoms with E-state index in [1.807, 2.05) is 29.4 Å². The van der Waals surface area contributed by atoms with Crippen LogP contribution in [0.1, 0.15) is 57.1 Å². The summed E-state index contributed by atoms with van der Waals surface area (Å²) >= 11 is 0. The maximum atomic E-state index is 12.8. The zero-order chi connectivity index (χ0) is 16.9. The van der Waals surface area contributed by atoms with Crippen LogP contribution in [0.2, 0.25) is 0 Å². The summed E-state index contributed by atoms with van der Waals surface area (Å²) in [4.78, 5) is 21.4. The molecular formula is C19H30N4O. The predicted octanol–water partition coefficient (Wildman–Crippen LogP) is 3.19. The minimum Gasteiger partial charge on any atom is -0.336 e. The molecule has 2 atom stereocenters. The molecule has 1 saturated heterocycles. The van der Waals surface area contributed by atoms with Crippen molar-refractivity contribution in [3.05, 3.63) is 30.1 Å². The Morgan fingerprint density at radius 2 is 2.04 bits per heavy atom. The van der Waals surface area contributed by atoms with E-state index in [4.69, 9.17) is 0 Å². The number of nitrogens with zero attached hydrogens (tertiary/aromatic N) is 3. The van der Waals surface area contributed by atoms with Gasteiger partial charge in [0, 0.05) is 37.6 Å². The fourth-order valence-corrected chi connectivity index (χ4v) is 3.61. The van der Waals surface area contributed by atoms with Crippen molar-refractivity contribution in [1.82, 2.24) is 20.1 Å². The molecular weight excluding hydrogens is 300 g/mol. The lowest BCUT2D eigenvalue weighted by Gasteiger charge is -2.32. The molecule has 0 aromatic carbocycles. The van der Waals surface area contributed by atoms with Crippen molar-refractivity contribution < 1.29 is 4.79 Å². The van der Waals surface area contributed by atoms with Gasteiger partial charge in [-0.2, -0.15) is 0 Å². The molecule has 0 unspecified atom stereocenters. The summed E-state index contributed by atoms with van der Waals surface area (Å²) in [6, 6.07) is 5.44. The molecule has 3 rings (SSSR count). The largest absolute Gasteiger partial charge is 0.336 e. The summed E-state index contributed by atoms with van der Waals surface area (Å²) in [5, 5.41) is 3.17. The first-order valence-electron chi connectivity index (χ1n) is 9.33. The molecule has 0 bridgehead atoms. The number of urea groups is 1. The maximum Gasteiger partial charge on any atom is 0.317 e. The van der Waals surface area contributed by atoms with Crippen LogP contribution in [-0.2, 0) is 0 Å². The lowest BCUT2D eigenvalue weighted by atomic mass is 10.0. The highest BCUT2D eigenvalue weighted by Crippen LogP contribution is 2.30. The summed E-state index contributed by atoms with van der Waals surface area (Å²) in [5.74, 6) is 0. The van der Waals surface area contributed by atoms with Crippen LogP contribution in [0.15, 0.2) is 24.5 Å². The first-order chi connectivity index (χ1) is 11.7. The van der Waals surface area contributed by atoms with Gasteiger partial charge in [0.15, 0.2) is 0 Å². The third kappa shape index (κ3) is 4.26. The highest BCUT2D eigenvalue weighted by atomic mass is 16.2. The number of hydrogen-bond acceptors (Lipinski definition) is 3. The number of hydrogen-bond donors (Lipinski definition) is 1. The van der Waals surface area contributed by atoms with E-state index in [1.165, 1.54) is 31.2 Å². The minimum absolute atomic E-state index is 0.0785. The van der Waals surface area contributed by atoms with Crippen molar-refractivity contribution in [2.24, 2.45) is 0 Å². The second kappa shape index (κ2) is 7.97. The Labute approximate surface area is 145 Å². The topological polar surface area (TPSA) is 48.5 Å². The number of amides is 2. The van der Waals surface area contributed by atoms with Gasteiger partial charge in [-0.15, -0.1) is 0 Å². The maximum absolute atomic E-state index is 12.8. The van der Waals surface area contributed by atoms with Crippen molar-refractivity contribution in [1.29, 1.82) is 0 Å². The number of aromatic nitrogens is 1. The second-order valence-corrected chi connectivity index (χ2v) is 7.27. The summed E-state index contributed by atoms with van der Waals surface area (Å²) < 4.78 is 0. The van der Waals surface area contributed by atoms with Gasteiger partial charge in [0.25, 0.3) is 0 Å². The number of nitrogens with one attached hydrogen (secondary N) is 1. The van der Waals surface area contributed by atoms with Gasteiger partial charge in [0.05, 0.1) is 6.04 Å². The van der Waals surface area contributed by atoms with E-state index in [2.05, 4.69) is 29.2 Å². The number of likely N-dealkylation sites (tertiary alicyclic amines) is 1. The normalized spacial score (nSPS) is 23.0. The van der Waals surface area contributed by atoms with Crippen LogP contribution >= 0.6 is 0 Å². The molecule has 132 valence electrons. The Morgan fingerprint density at radius 1 is 1.29 bits per heavy atom. The quantitative estimate of drug-likeness (QED) is 0.902. The molecule has 1 aromatic rings. The smallest absolute Gasteiger partial charge is 0.317 e. The Hall–Kier alpha value is -1.62. The van der Waals surface area contributed by atoms with Crippen LogP contribution in [-0.4, -0.2) is 53.0 Å². The molecule has 0 spiro atoms. The number of pyridine rings is 1. The number of carbonyl (C=O) groups is 1. The molecule has 2 amide bonds. The molecule has 2 fully saturated rings. The molecule has 5 heteroatoms. The van der Waals surface area contributed by atoms with E-state index in [0.717, 1.165) is 25.4 Å². The Balaban J connectivity index is 1.61. The van der Waals surface area contributed by atoms with Gasteiger partial charge in [-0.05, 0) is 57.4 Å². The first kappa shape index (κ1) is 17.2. The summed E-state index contributed by atoms with van der Waals surface area (Å²) in [7, 11) is 2.17. The third-order valence-electron chi connectivity index (χ3n) is 5.47. The molecule has 1 aromatic heterocycles. The fourth-order valence-electron chi connectivity index (χ4n) is 3.61. The molecule has 2 aliphatic rings. The monoisotopic (exact) mass is 330 g/mol. The molecule has 1 aliphatic carbocycles. The Bertz CT molecular complexity index is 531. The van der Waals surface area contributed by atoms with Crippen molar-refractivity contribution in [2.45, 2.75) is 63.6 Å². The van der Waals surface area contributed by atoms with Crippen LogP contribution in [0.4, 0.5) is 4.79 Å². The lowest BCUT2D eigenvalue weighted by molar-refractivity contribution is 0.169. The van der Waals surface area contributed by atoms with Crippen LogP contribution in [0.3, 0.4) is 0 Å². The van der Waals surface area contributed by atoms with Crippen molar-refractivity contribution in [2.75, 3.05) is 20.1 Å². The number of rotatable bonds is 5. The number of likely N-dealkylation sites (N-methyl/N-ethyl adjacent to an activating group) is 1. The van der Waals surface area contributed by atoms with Crippen molar-refractivity contribution in [3.8, 4) is 0 Å². The van der Waals surface area contributed by atoms with Gasteiger partial charge in [-0.25, -0.2) is 4.79 Å². The van der Waals surface area contributed by atoms with E-state index in [9.17, 15) is 4.79 Å². The molecule has 0 radical (unpaired) electrons. The van der Waals surface area contributed by atoms with Crippen molar-refractivity contribution >= 4 is 6.03 Å². The zero-order valence-electron chi connectivity index (χ0n) is 14.9. The molecule has 5 nitrogen and oxygen atoms in total. The Morgan fingerprint density at radius 3 is 2.75 bits per heavy atom. The van der Waals surface area contributed by atoms with Gasteiger partial charge < -0.3 is 10.2 Å². The molecule has 2 heterocycles. The Kier molecular flexibility index (Phi) is 5.72. The van der Waals surface area contributed by atoms with E-state index >= 15 is 0 Å². The zero-order valence-corrected chi connectivity index (χ0v) is 14.9. The van der Waals surface area contributed by atoms with Gasteiger partial charge in [0.2, 0.25) is 0 Å². The van der Waals surface area contributed by atoms with E-state index in [-0.39, 0.29) is 12.1 Å². The van der Waals surface area contributed by atoms with Crippen LogP contribution < -0.4 is 5.32 Å². The predicted molar refractivity (Wildman–Crippen MR) is 95.8 cm³/mol. The molecule has 1 N–H and O–H groups in total. The SMILES string of the molecule is C[C@@H](CNC(=O)N1CCCCC[C@@H]1c1ccncc1)N(C)C1CC1. The standard InChI is InChI=1S/C19H30N4O/c1-15(22(2)17-7-8-17)14-21-19(24)23-13-5-3-4-6-18(23)16-9-11-20-12-10-16/h9-12,15,17-18H,3-8,13-14H2,1-2H3,(H,21,24)/t15-,18+/m0/s1. The lowest BCUT2D eigenvalue weighted by Crippen LogP contribution is -2.47. The van der Waals surface area contributed by atoms with Crippen LogP contribution in [0, 0.1) is 0 Å². The summed E-state index contributed by atoms with van der Waals surface area (Å²) in [5.41, 5.74) is 1.20. The van der Waals surface area contributed by atoms with Gasteiger partial charge in [0.1, 0.15) is 0 Å². The van der Waals surface area contributed by atoms with Gasteiger partial charge in [-0.3, -0.25) is 9.88 Å². The minimum atomic E-state index is 0.0785. The summed E-state index contributed by atoms with van der Waals surface area (Å²) in [6.45, 7) is 3.75. The van der Waals surface area contributed by atoms with Crippen LogP contribution in [0.25, 0.3) is 0 Å². The molecule has 1 saturated carbocycles. The fraction of sp³-hybridized carbons (Fsp3) is 0.684. The third-order valence-corrected chi connectivity index (χ3v) is 5.47. The van der Waals surface area contributed by atoms with Gasteiger partial charge >= 0.3 is 6.03 Å². The molecule has 24 heavy (non-hydrogen) atoms. The van der Waals surface area contributed by atoms with Crippen molar-refractivity contribution in [3.63, 3.8) is 0 Å². The highest BCUT2D eigenvalue weighted by molar-refractivity contribution is 5.74. The van der Waals surface area contributed by atoms with Crippen LogP contribution in [0.5, 0.6) is 0 Å².